The van der Waals surface area contributed by atoms with E-state index in [2.05, 4.69) is 23.7 Å². The van der Waals surface area contributed by atoms with Crippen LogP contribution in [0.5, 0.6) is 5.75 Å². The first-order valence-corrected chi connectivity index (χ1v) is 10.5. The Morgan fingerprint density at radius 1 is 0.667 bits per heavy atom. The Morgan fingerprint density at radius 2 is 1.19 bits per heavy atom. The molecule has 0 N–H and O–H groups in total. The molecule has 1 aromatic heterocycles. The summed E-state index contributed by atoms with van der Waals surface area (Å²) in [7, 11) is 0. The normalized spacial score (nSPS) is 10.3. The van der Waals surface area contributed by atoms with Crippen LogP contribution < -0.4 is 4.74 Å². The van der Waals surface area contributed by atoms with Gasteiger partial charge in [0.25, 0.3) is 0 Å². The number of hydrogen-bond donors (Lipinski definition) is 0. The van der Waals surface area contributed by atoms with Gasteiger partial charge in [-0.15, -0.1) is 0 Å². The van der Waals surface area contributed by atoms with Gasteiger partial charge in [0.1, 0.15) is 5.75 Å². The second-order valence-electron chi connectivity index (χ2n) is 7.04. The van der Waals surface area contributed by atoms with Crippen LogP contribution in [-0.4, -0.2) is 11.6 Å². The summed E-state index contributed by atoms with van der Waals surface area (Å²) in [6.45, 7) is 3.08. The first kappa shape index (κ1) is 21.0. The molecule has 2 nitrogen and oxygen atoms in total. The monoisotopic (exact) mass is 363 g/mol. The minimum absolute atomic E-state index is 0.804. The average molecular weight is 364 g/mol. The van der Waals surface area contributed by atoms with Crippen LogP contribution in [0, 0.1) is 11.8 Å². The maximum absolute atomic E-state index is 5.84. The van der Waals surface area contributed by atoms with Crippen molar-refractivity contribution in [2.75, 3.05) is 6.61 Å². The minimum Gasteiger partial charge on any atom is -0.494 e. The molecule has 0 aliphatic carbocycles. The van der Waals surface area contributed by atoms with Gasteiger partial charge in [0, 0.05) is 23.5 Å². The minimum atomic E-state index is 0.804. The highest BCUT2D eigenvalue weighted by Gasteiger charge is 1.96. The molecule has 0 radical (unpaired) electrons. The van der Waals surface area contributed by atoms with E-state index in [1.165, 1.54) is 57.8 Å². The molecule has 27 heavy (non-hydrogen) atoms. The van der Waals surface area contributed by atoms with E-state index in [9.17, 15) is 0 Å². The zero-order chi connectivity index (χ0) is 19.0. The van der Waals surface area contributed by atoms with Gasteiger partial charge in [-0.3, -0.25) is 4.98 Å². The number of nitrogens with zero attached hydrogens (tertiary/aromatic N) is 1. The van der Waals surface area contributed by atoms with Gasteiger partial charge in [-0.05, 0) is 42.8 Å². The summed E-state index contributed by atoms with van der Waals surface area (Å²) in [6.07, 6.45) is 17.0. The van der Waals surface area contributed by atoms with E-state index in [-0.39, 0.29) is 0 Å². The van der Waals surface area contributed by atoms with Crippen LogP contribution in [0.1, 0.15) is 82.3 Å². The van der Waals surface area contributed by atoms with Crippen LogP contribution in [0.4, 0.5) is 0 Å². The summed E-state index contributed by atoms with van der Waals surface area (Å²) in [5.74, 6) is 7.24. The van der Waals surface area contributed by atoms with Crippen molar-refractivity contribution in [3.63, 3.8) is 0 Å². The number of pyridine rings is 1. The third-order valence-electron chi connectivity index (χ3n) is 4.65. The lowest BCUT2D eigenvalue weighted by atomic mass is 10.1. The van der Waals surface area contributed by atoms with Gasteiger partial charge in [-0.1, -0.05) is 76.6 Å². The van der Waals surface area contributed by atoms with E-state index in [0.29, 0.717) is 0 Å². The number of ether oxygens (including phenoxy) is 1. The smallest absolute Gasteiger partial charge is 0.119 e. The van der Waals surface area contributed by atoms with Gasteiger partial charge in [0.05, 0.1) is 6.61 Å². The van der Waals surface area contributed by atoms with Crippen LogP contribution in [-0.2, 0) is 0 Å². The highest BCUT2D eigenvalue weighted by Crippen LogP contribution is 2.14. The lowest BCUT2D eigenvalue weighted by Gasteiger charge is -2.06. The molecule has 144 valence electrons. The lowest BCUT2D eigenvalue weighted by Crippen LogP contribution is -1.97. The maximum Gasteiger partial charge on any atom is 0.119 e. The number of benzene rings is 1. The molecule has 0 aliphatic heterocycles. The van der Waals surface area contributed by atoms with Crippen LogP contribution >= 0.6 is 0 Å². The molecule has 0 saturated heterocycles. The average Bonchev–Trinajstić information content (AvgIpc) is 2.72. The summed E-state index contributed by atoms with van der Waals surface area (Å²) in [4.78, 5) is 4.00. The van der Waals surface area contributed by atoms with E-state index in [0.717, 1.165) is 29.9 Å². The Bertz CT molecular complexity index is 667. The SMILES string of the molecule is CCCCCCCCCCCCOc1ccc(C#Cc2ccncc2)cc1. The zero-order valence-corrected chi connectivity index (χ0v) is 16.8. The van der Waals surface area contributed by atoms with Crippen LogP contribution in [0.25, 0.3) is 0 Å². The van der Waals surface area contributed by atoms with E-state index in [1.54, 1.807) is 12.4 Å². The van der Waals surface area contributed by atoms with Crippen molar-refractivity contribution in [2.24, 2.45) is 0 Å². The van der Waals surface area contributed by atoms with Gasteiger partial charge < -0.3 is 4.74 Å². The predicted molar refractivity (Wildman–Crippen MR) is 114 cm³/mol. The van der Waals surface area contributed by atoms with Gasteiger partial charge in [-0.2, -0.15) is 0 Å². The second-order valence-corrected chi connectivity index (χ2v) is 7.04. The van der Waals surface area contributed by atoms with Gasteiger partial charge in [0.2, 0.25) is 0 Å². The summed E-state index contributed by atoms with van der Waals surface area (Å²) in [5, 5.41) is 0. The van der Waals surface area contributed by atoms with E-state index < -0.39 is 0 Å². The Morgan fingerprint density at radius 3 is 1.78 bits per heavy atom. The number of hydrogen-bond acceptors (Lipinski definition) is 2. The van der Waals surface area contributed by atoms with Crippen molar-refractivity contribution in [1.82, 2.24) is 4.98 Å². The summed E-state index contributed by atoms with van der Waals surface area (Å²) < 4.78 is 5.84. The molecule has 0 unspecified atom stereocenters. The topological polar surface area (TPSA) is 22.1 Å². The predicted octanol–water partition coefficient (Wildman–Crippen LogP) is 6.78. The molecule has 0 aliphatic rings. The molecule has 1 heterocycles. The molecule has 2 rings (SSSR count). The number of rotatable bonds is 12. The van der Waals surface area contributed by atoms with Crippen LogP contribution in [0.2, 0.25) is 0 Å². The highest BCUT2D eigenvalue weighted by atomic mass is 16.5. The molecule has 0 fully saturated rings. The third kappa shape index (κ3) is 9.85. The Labute approximate surface area is 165 Å². The molecule has 0 spiro atoms. The standard InChI is InChI=1S/C25H33NO/c1-2-3-4-5-6-7-8-9-10-11-22-27-25-16-14-23(15-17-25)12-13-24-18-20-26-21-19-24/h14-21H,2-11,22H2,1H3. The van der Waals surface area contributed by atoms with Gasteiger partial charge in [-0.25, -0.2) is 0 Å². The van der Waals surface area contributed by atoms with Crippen molar-refractivity contribution < 1.29 is 4.74 Å². The first-order chi connectivity index (χ1) is 13.4. The molecule has 0 saturated carbocycles. The second kappa shape index (κ2) is 13.9. The maximum atomic E-state index is 5.84. The summed E-state index contributed by atoms with van der Waals surface area (Å²) in [6, 6.07) is 11.9. The van der Waals surface area contributed by atoms with Gasteiger partial charge >= 0.3 is 0 Å². The van der Waals surface area contributed by atoms with Crippen LogP contribution in [0.15, 0.2) is 48.8 Å². The number of aromatic nitrogens is 1. The fourth-order valence-corrected chi connectivity index (χ4v) is 2.99. The molecule has 2 heteroatoms. The Kier molecular flexibility index (Phi) is 10.8. The Hall–Kier alpha value is -2.27. The molecular formula is C25H33NO. The number of unbranched alkanes of at least 4 members (excludes halogenated alkanes) is 9. The van der Waals surface area contributed by atoms with Gasteiger partial charge in [0.15, 0.2) is 0 Å². The molecule has 1 aromatic carbocycles. The van der Waals surface area contributed by atoms with Crippen molar-refractivity contribution in [2.45, 2.75) is 71.1 Å². The fourth-order valence-electron chi connectivity index (χ4n) is 2.99. The van der Waals surface area contributed by atoms with Crippen molar-refractivity contribution >= 4 is 0 Å². The van der Waals surface area contributed by atoms with E-state index >= 15 is 0 Å². The third-order valence-corrected chi connectivity index (χ3v) is 4.65. The first-order valence-electron chi connectivity index (χ1n) is 10.5. The zero-order valence-electron chi connectivity index (χ0n) is 16.8. The van der Waals surface area contributed by atoms with E-state index in [1.807, 2.05) is 36.4 Å². The summed E-state index contributed by atoms with van der Waals surface area (Å²) in [5.41, 5.74) is 1.98. The van der Waals surface area contributed by atoms with Crippen molar-refractivity contribution in [1.29, 1.82) is 0 Å². The molecule has 0 amide bonds. The lowest BCUT2D eigenvalue weighted by molar-refractivity contribution is 0.304. The largest absolute Gasteiger partial charge is 0.494 e. The van der Waals surface area contributed by atoms with Crippen molar-refractivity contribution in [3.05, 3.63) is 59.9 Å². The molecule has 0 bridgehead atoms. The molecular weight excluding hydrogens is 330 g/mol. The van der Waals surface area contributed by atoms with E-state index in [4.69, 9.17) is 4.74 Å². The quantitative estimate of drug-likeness (QED) is 0.306. The van der Waals surface area contributed by atoms with Crippen LogP contribution in [0.3, 0.4) is 0 Å². The Balaban J connectivity index is 1.54. The fraction of sp³-hybridized carbons (Fsp3) is 0.480. The molecule has 0 atom stereocenters. The highest BCUT2D eigenvalue weighted by molar-refractivity contribution is 5.43. The molecule has 2 aromatic rings. The summed E-state index contributed by atoms with van der Waals surface area (Å²) >= 11 is 0. The van der Waals surface area contributed by atoms with Crippen molar-refractivity contribution in [3.8, 4) is 17.6 Å².